The summed E-state index contributed by atoms with van der Waals surface area (Å²) in [5.74, 6) is -0.142. The van der Waals surface area contributed by atoms with E-state index in [0.29, 0.717) is 19.6 Å². The summed E-state index contributed by atoms with van der Waals surface area (Å²) >= 11 is 1.69. The van der Waals surface area contributed by atoms with Gasteiger partial charge in [0.25, 0.3) is 0 Å². The van der Waals surface area contributed by atoms with Gasteiger partial charge < -0.3 is 18.8 Å². The number of rotatable bonds is 9. The number of ether oxygens (including phenoxy) is 3. The SMILES string of the molecule is CC1OCC(COC(=O)CCCCC[n+]2ccsc2)O1.Cc1ccc(S(=O)(=O)[O-])cc1. The average molecular weight is 472 g/mol. The Morgan fingerprint density at radius 1 is 1.26 bits per heavy atom. The molecule has 2 heterocycles. The summed E-state index contributed by atoms with van der Waals surface area (Å²) < 4.78 is 49.1. The predicted octanol–water partition coefficient (Wildman–Crippen LogP) is 2.80. The van der Waals surface area contributed by atoms with Crippen LogP contribution >= 0.6 is 11.3 Å². The Morgan fingerprint density at radius 3 is 2.58 bits per heavy atom. The smallest absolute Gasteiger partial charge is 0.305 e. The van der Waals surface area contributed by atoms with Crippen molar-refractivity contribution in [1.82, 2.24) is 0 Å². The minimum atomic E-state index is -4.27. The quantitative estimate of drug-likeness (QED) is 0.240. The number of benzene rings is 1. The van der Waals surface area contributed by atoms with E-state index in [9.17, 15) is 17.8 Å². The Hall–Kier alpha value is -1.85. The van der Waals surface area contributed by atoms with Crippen LogP contribution in [0, 0.1) is 6.92 Å². The summed E-state index contributed by atoms with van der Waals surface area (Å²) in [7, 11) is -4.27. The van der Waals surface area contributed by atoms with Gasteiger partial charge in [-0.3, -0.25) is 4.79 Å². The molecule has 1 aliphatic rings. The number of unbranched alkanes of at least 4 members (excludes halogenated alkanes) is 2. The van der Waals surface area contributed by atoms with Gasteiger partial charge in [0.1, 0.15) is 29.4 Å². The molecule has 1 saturated heterocycles. The topological polar surface area (TPSA) is 106 Å². The van der Waals surface area contributed by atoms with Gasteiger partial charge in [-0.1, -0.05) is 29.0 Å². The average Bonchev–Trinajstić information content (AvgIpc) is 3.38. The zero-order chi connectivity index (χ0) is 22.7. The summed E-state index contributed by atoms with van der Waals surface area (Å²) in [6.45, 7) is 5.48. The lowest BCUT2D eigenvalue weighted by atomic mass is 10.2. The van der Waals surface area contributed by atoms with E-state index < -0.39 is 10.1 Å². The molecule has 0 bridgehead atoms. The van der Waals surface area contributed by atoms with Gasteiger partial charge in [-0.15, -0.1) is 0 Å². The fourth-order valence-electron chi connectivity index (χ4n) is 2.77. The number of hydrogen-bond donors (Lipinski definition) is 0. The third-order valence-corrected chi connectivity index (χ3v) is 5.99. The van der Waals surface area contributed by atoms with Crippen molar-refractivity contribution in [2.75, 3.05) is 13.2 Å². The van der Waals surface area contributed by atoms with E-state index in [1.807, 2.05) is 13.8 Å². The van der Waals surface area contributed by atoms with E-state index in [2.05, 4.69) is 21.7 Å². The van der Waals surface area contributed by atoms with Crippen LogP contribution in [-0.2, 0) is 35.7 Å². The third-order valence-electron chi connectivity index (χ3n) is 4.47. The molecule has 1 aromatic heterocycles. The van der Waals surface area contributed by atoms with E-state index in [0.717, 1.165) is 31.4 Å². The van der Waals surface area contributed by atoms with Crippen LogP contribution in [0.2, 0.25) is 0 Å². The van der Waals surface area contributed by atoms with E-state index in [-0.39, 0.29) is 23.3 Å². The highest BCUT2D eigenvalue weighted by molar-refractivity contribution is 7.85. The molecule has 0 spiro atoms. The second-order valence-corrected chi connectivity index (χ2v) is 9.32. The Morgan fingerprint density at radius 2 is 2.00 bits per heavy atom. The molecule has 0 saturated carbocycles. The zero-order valence-electron chi connectivity index (χ0n) is 17.8. The largest absolute Gasteiger partial charge is 0.744 e. The molecular weight excluding hydrogens is 442 g/mol. The summed E-state index contributed by atoms with van der Waals surface area (Å²) in [6.07, 6.45) is 5.27. The van der Waals surface area contributed by atoms with Crippen LogP contribution in [0.5, 0.6) is 0 Å². The third kappa shape index (κ3) is 10.3. The normalized spacial score (nSPS) is 18.3. The summed E-state index contributed by atoms with van der Waals surface area (Å²) in [6, 6.07) is 5.78. The van der Waals surface area contributed by atoms with Gasteiger partial charge in [-0.2, -0.15) is 4.57 Å². The molecule has 2 unspecified atom stereocenters. The fourth-order valence-corrected chi connectivity index (χ4v) is 3.87. The summed E-state index contributed by atoms with van der Waals surface area (Å²) in [5.41, 5.74) is 3.02. The Balaban J connectivity index is 0.000000262. The molecule has 2 aromatic rings. The van der Waals surface area contributed by atoms with Crippen LogP contribution in [0.15, 0.2) is 46.2 Å². The zero-order valence-corrected chi connectivity index (χ0v) is 19.4. The highest BCUT2D eigenvalue weighted by atomic mass is 32.2. The Kier molecular flexibility index (Phi) is 10.6. The maximum absolute atomic E-state index is 11.6. The molecule has 31 heavy (non-hydrogen) atoms. The molecular formula is C21H29NO7S2. The highest BCUT2D eigenvalue weighted by Gasteiger charge is 2.23. The first-order valence-electron chi connectivity index (χ1n) is 10.1. The van der Waals surface area contributed by atoms with Gasteiger partial charge in [0.2, 0.25) is 5.51 Å². The number of thiazole rings is 1. The minimum absolute atomic E-state index is 0.107. The van der Waals surface area contributed by atoms with E-state index in [1.165, 1.54) is 12.1 Å². The molecule has 2 atom stereocenters. The molecule has 3 rings (SSSR count). The first-order chi connectivity index (χ1) is 14.7. The fraction of sp³-hybridized carbons (Fsp3) is 0.524. The van der Waals surface area contributed by atoms with Crippen molar-refractivity contribution in [3.63, 3.8) is 0 Å². The van der Waals surface area contributed by atoms with E-state index in [4.69, 9.17) is 14.2 Å². The first kappa shape index (κ1) is 25.4. The molecule has 1 aromatic carbocycles. The number of hydrogen-bond acceptors (Lipinski definition) is 8. The van der Waals surface area contributed by atoms with Crippen molar-refractivity contribution in [2.24, 2.45) is 0 Å². The van der Waals surface area contributed by atoms with Gasteiger partial charge in [0, 0.05) is 12.8 Å². The summed E-state index contributed by atoms with van der Waals surface area (Å²) in [4.78, 5) is 11.4. The lowest BCUT2D eigenvalue weighted by Gasteiger charge is -2.09. The number of nitrogens with zero attached hydrogens (tertiary/aromatic N) is 1. The second kappa shape index (κ2) is 12.9. The van der Waals surface area contributed by atoms with Crippen molar-refractivity contribution < 1.29 is 36.5 Å². The van der Waals surface area contributed by atoms with Crippen molar-refractivity contribution in [2.45, 2.75) is 63.4 Å². The molecule has 1 aliphatic heterocycles. The highest BCUT2D eigenvalue weighted by Crippen LogP contribution is 2.11. The first-order valence-corrected chi connectivity index (χ1v) is 12.5. The Labute approximate surface area is 187 Å². The molecule has 172 valence electrons. The van der Waals surface area contributed by atoms with E-state index >= 15 is 0 Å². The molecule has 0 radical (unpaired) electrons. The van der Waals surface area contributed by atoms with Gasteiger partial charge in [0.05, 0.1) is 16.9 Å². The van der Waals surface area contributed by atoms with Gasteiger partial charge in [-0.05, 0) is 38.8 Å². The number of aryl methyl sites for hydroxylation is 2. The van der Waals surface area contributed by atoms with Crippen LogP contribution in [-0.4, -0.2) is 44.5 Å². The lowest BCUT2D eigenvalue weighted by molar-refractivity contribution is -0.692. The number of esters is 1. The maximum atomic E-state index is 11.6. The van der Waals surface area contributed by atoms with Crippen molar-refractivity contribution in [1.29, 1.82) is 0 Å². The standard InChI is InChI=1S/C14H22NO4S.C7H8O3S/c1-12-17-9-13(19-12)10-18-14(16)5-3-2-4-6-15-7-8-20-11-15;1-6-2-4-7(5-3-6)11(8,9)10/h7-8,11-13H,2-6,9-10H2,1H3;2-5H,1H3,(H,8,9,10)/q+1;/p-1. The molecule has 1 fully saturated rings. The number of carbonyl (C=O) groups excluding carboxylic acids is 1. The van der Waals surface area contributed by atoms with Crippen LogP contribution in [0.3, 0.4) is 0 Å². The summed E-state index contributed by atoms with van der Waals surface area (Å²) in [5, 5.41) is 2.06. The van der Waals surface area contributed by atoms with Crippen molar-refractivity contribution >= 4 is 27.4 Å². The van der Waals surface area contributed by atoms with Crippen LogP contribution < -0.4 is 4.57 Å². The second-order valence-electron chi connectivity index (χ2n) is 7.18. The van der Waals surface area contributed by atoms with Crippen molar-refractivity contribution in [3.8, 4) is 0 Å². The molecule has 0 N–H and O–H groups in total. The molecule has 10 heteroatoms. The lowest BCUT2D eigenvalue weighted by Crippen LogP contribution is -2.29. The number of aromatic nitrogens is 1. The van der Waals surface area contributed by atoms with Crippen molar-refractivity contribution in [3.05, 3.63) is 46.9 Å². The van der Waals surface area contributed by atoms with Gasteiger partial charge in [0.15, 0.2) is 12.5 Å². The molecule has 8 nitrogen and oxygen atoms in total. The monoisotopic (exact) mass is 471 g/mol. The van der Waals surface area contributed by atoms with Crippen LogP contribution in [0.25, 0.3) is 0 Å². The predicted molar refractivity (Wildman–Crippen MR) is 113 cm³/mol. The molecule has 0 amide bonds. The van der Waals surface area contributed by atoms with Gasteiger partial charge in [-0.25, -0.2) is 8.42 Å². The van der Waals surface area contributed by atoms with Gasteiger partial charge >= 0.3 is 5.97 Å². The maximum Gasteiger partial charge on any atom is 0.305 e. The van der Waals surface area contributed by atoms with Crippen LogP contribution in [0.1, 0.15) is 38.2 Å². The number of carbonyl (C=O) groups is 1. The Bertz CT molecular complexity index is 883. The minimum Gasteiger partial charge on any atom is -0.744 e. The molecule has 0 aliphatic carbocycles. The van der Waals surface area contributed by atoms with Crippen LogP contribution in [0.4, 0.5) is 0 Å². The van der Waals surface area contributed by atoms with E-state index in [1.54, 1.807) is 23.5 Å².